The summed E-state index contributed by atoms with van der Waals surface area (Å²) < 4.78 is 13.2. The summed E-state index contributed by atoms with van der Waals surface area (Å²) in [6.07, 6.45) is 2.89. The number of halogens is 1. The average Bonchev–Trinajstić information content (AvgIpc) is 3.09. The summed E-state index contributed by atoms with van der Waals surface area (Å²) in [5, 5.41) is 0. The lowest BCUT2D eigenvalue weighted by molar-refractivity contribution is -0.146. The van der Waals surface area contributed by atoms with Gasteiger partial charge in [0.1, 0.15) is 5.82 Å². The van der Waals surface area contributed by atoms with Crippen LogP contribution in [0, 0.1) is 18.7 Å². The van der Waals surface area contributed by atoms with Crippen molar-refractivity contribution in [3.05, 3.63) is 65.0 Å². The van der Waals surface area contributed by atoms with Gasteiger partial charge in [0.2, 0.25) is 5.91 Å². The number of thioether (sulfide) groups is 1. The molecule has 0 aromatic heterocycles. The summed E-state index contributed by atoms with van der Waals surface area (Å²) in [6, 6.07) is 12.3. The number of fused-ring (bicyclic) bond motifs is 2. The number of rotatable bonds is 3. The summed E-state index contributed by atoms with van der Waals surface area (Å²) in [7, 11) is 0. The lowest BCUT2D eigenvalue weighted by Crippen LogP contribution is -2.52. The number of benzene rings is 2. The van der Waals surface area contributed by atoms with E-state index >= 15 is 0 Å². The topological polar surface area (TPSA) is 40.6 Å². The van der Waals surface area contributed by atoms with Crippen molar-refractivity contribution >= 4 is 29.3 Å². The van der Waals surface area contributed by atoms with Crippen LogP contribution in [0.5, 0.6) is 0 Å². The normalized spacial score (nSPS) is 24.6. The number of anilines is 1. The van der Waals surface area contributed by atoms with Crippen LogP contribution in [0.15, 0.2) is 42.5 Å². The number of carbonyl (C=O) groups excluding carboxylic acids is 2. The Labute approximate surface area is 186 Å². The van der Waals surface area contributed by atoms with Crippen LogP contribution in [0.4, 0.5) is 10.1 Å². The van der Waals surface area contributed by atoms with Gasteiger partial charge in [-0.3, -0.25) is 9.59 Å². The van der Waals surface area contributed by atoms with E-state index in [0.29, 0.717) is 13.1 Å². The van der Waals surface area contributed by atoms with E-state index in [-0.39, 0.29) is 28.3 Å². The molecule has 2 aliphatic heterocycles. The third-order valence-corrected chi connectivity index (χ3v) is 8.25. The highest BCUT2D eigenvalue weighted by molar-refractivity contribution is 8.02. The summed E-state index contributed by atoms with van der Waals surface area (Å²) >= 11 is 1.60. The molecule has 5 rings (SSSR count). The average molecular weight is 439 g/mol. The zero-order chi connectivity index (χ0) is 22.0. The van der Waals surface area contributed by atoms with Crippen LogP contribution in [-0.4, -0.2) is 28.0 Å². The molecule has 162 valence electrons. The van der Waals surface area contributed by atoms with Gasteiger partial charge >= 0.3 is 0 Å². The highest BCUT2D eigenvalue weighted by Gasteiger charge is 2.64. The Morgan fingerprint density at radius 2 is 1.87 bits per heavy atom. The minimum Gasteiger partial charge on any atom is -0.314 e. The Morgan fingerprint density at radius 1 is 1.16 bits per heavy atom. The van der Waals surface area contributed by atoms with Crippen molar-refractivity contribution in [1.82, 2.24) is 4.90 Å². The molecule has 2 heterocycles. The van der Waals surface area contributed by atoms with Crippen LogP contribution < -0.4 is 4.90 Å². The monoisotopic (exact) mass is 438 g/mol. The van der Waals surface area contributed by atoms with Crippen LogP contribution in [-0.2, 0) is 21.0 Å². The van der Waals surface area contributed by atoms with Gasteiger partial charge in [-0.25, -0.2) is 4.39 Å². The van der Waals surface area contributed by atoms with Gasteiger partial charge in [0, 0.05) is 22.8 Å². The van der Waals surface area contributed by atoms with Crippen molar-refractivity contribution in [1.29, 1.82) is 0 Å². The van der Waals surface area contributed by atoms with Crippen molar-refractivity contribution in [2.45, 2.75) is 56.2 Å². The Kier molecular flexibility index (Phi) is 4.70. The molecule has 1 spiro atoms. The molecule has 6 heteroatoms. The predicted octanol–water partition coefficient (Wildman–Crippen LogP) is 4.99. The largest absolute Gasteiger partial charge is 0.314 e. The van der Waals surface area contributed by atoms with Gasteiger partial charge in [-0.15, -0.1) is 11.8 Å². The SMILES string of the molecule is Cc1ccc2c(c1)[C@@]1(SC(C)(C)CN1C(=O)C1CCC1)C(=O)N2Cc1ccc(F)cc1. The molecule has 0 N–H and O–H groups in total. The van der Waals surface area contributed by atoms with Crippen LogP contribution in [0.3, 0.4) is 0 Å². The lowest BCUT2D eigenvalue weighted by atomic mass is 9.83. The Hall–Kier alpha value is -2.34. The van der Waals surface area contributed by atoms with E-state index in [0.717, 1.165) is 41.6 Å². The Bertz CT molecular complexity index is 1060. The molecule has 1 saturated carbocycles. The maximum absolute atomic E-state index is 14.1. The number of aryl methyl sites for hydroxylation is 1. The molecule has 0 radical (unpaired) electrons. The van der Waals surface area contributed by atoms with Crippen molar-refractivity contribution in [2.75, 3.05) is 11.4 Å². The molecule has 1 atom stereocenters. The van der Waals surface area contributed by atoms with E-state index in [4.69, 9.17) is 0 Å². The highest BCUT2D eigenvalue weighted by Crippen LogP contribution is 2.60. The van der Waals surface area contributed by atoms with Gasteiger partial charge < -0.3 is 9.80 Å². The highest BCUT2D eigenvalue weighted by atomic mass is 32.2. The molecule has 2 fully saturated rings. The second-order valence-corrected chi connectivity index (χ2v) is 11.5. The second-order valence-electron chi connectivity index (χ2n) is 9.60. The summed E-state index contributed by atoms with van der Waals surface area (Å²) in [6.45, 7) is 7.14. The molecule has 3 aliphatic rings. The lowest BCUT2D eigenvalue weighted by Gasteiger charge is -2.37. The zero-order valence-corrected chi connectivity index (χ0v) is 19.0. The molecule has 0 unspecified atom stereocenters. The standard InChI is InChI=1S/C25H27FN2O2S/c1-16-7-12-21-20(13-16)25(23(30)27(21)14-17-8-10-19(26)11-9-17)28(15-24(2,3)31-25)22(29)18-5-4-6-18/h7-13,18H,4-6,14-15H2,1-3H3/t25-/m1/s1. The van der Waals surface area contributed by atoms with Crippen LogP contribution in [0.1, 0.15) is 49.8 Å². The molecule has 2 aromatic rings. The molecular formula is C25H27FN2O2S. The molecular weight excluding hydrogens is 411 g/mol. The Balaban J connectivity index is 1.62. The van der Waals surface area contributed by atoms with Crippen LogP contribution >= 0.6 is 11.8 Å². The van der Waals surface area contributed by atoms with E-state index < -0.39 is 4.87 Å². The molecule has 0 bridgehead atoms. The van der Waals surface area contributed by atoms with E-state index in [1.165, 1.54) is 12.1 Å². The number of hydrogen-bond donors (Lipinski definition) is 0. The number of carbonyl (C=O) groups is 2. The van der Waals surface area contributed by atoms with Crippen molar-refractivity contribution in [2.24, 2.45) is 5.92 Å². The molecule has 4 nitrogen and oxygen atoms in total. The fourth-order valence-corrected chi connectivity index (χ4v) is 6.67. The quantitative estimate of drug-likeness (QED) is 0.678. The van der Waals surface area contributed by atoms with E-state index in [1.807, 2.05) is 24.0 Å². The summed E-state index contributed by atoms with van der Waals surface area (Å²) in [5.41, 5.74) is 3.67. The first-order valence-electron chi connectivity index (χ1n) is 10.9. The van der Waals surface area contributed by atoms with E-state index in [2.05, 4.69) is 19.9 Å². The Morgan fingerprint density at radius 3 is 2.52 bits per heavy atom. The minimum absolute atomic E-state index is 0.0265. The van der Waals surface area contributed by atoms with Gasteiger partial charge in [-0.05, 0) is 57.4 Å². The van der Waals surface area contributed by atoms with Crippen molar-refractivity contribution in [3.8, 4) is 0 Å². The first-order valence-corrected chi connectivity index (χ1v) is 11.7. The van der Waals surface area contributed by atoms with Gasteiger partial charge in [0.05, 0.1) is 12.2 Å². The molecule has 1 aliphatic carbocycles. The smallest absolute Gasteiger partial charge is 0.268 e. The van der Waals surface area contributed by atoms with Crippen LogP contribution in [0.25, 0.3) is 0 Å². The van der Waals surface area contributed by atoms with E-state index in [1.54, 1.807) is 28.8 Å². The van der Waals surface area contributed by atoms with Crippen LogP contribution in [0.2, 0.25) is 0 Å². The van der Waals surface area contributed by atoms with E-state index in [9.17, 15) is 14.0 Å². The van der Waals surface area contributed by atoms with Gasteiger partial charge in [0.25, 0.3) is 5.91 Å². The fourth-order valence-electron chi connectivity index (χ4n) is 4.94. The van der Waals surface area contributed by atoms with Crippen molar-refractivity contribution < 1.29 is 14.0 Å². The van der Waals surface area contributed by atoms with Gasteiger partial charge in [-0.2, -0.15) is 0 Å². The maximum atomic E-state index is 14.1. The fraction of sp³-hybridized carbons (Fsp3) is 0.440. The number of nitrogens with zero attached hydrogens (tertiary/aromatic N) is 2. The first-order chi connectivity index (χ1) is 14.7. The molecule has 31 heavy (non-hydrogen) atoms. The summed E-state index contributed by atoms with van der Waals surface area (Å²) in [5.74, 6) is -0.234. The first kappa shape index (κ1) is 20.6. The molecule has 1 saturated heterocycles. The van der Waals surface area contributed by atoms with Gasteiger partial charge in [0.15, 0.2) is 4.87 Å². The summed E-state index contributed by atoms with van der Waals surface area (Å²) in [4.78, 5) is 30.3. The maximum Gasteiger partial charge on any atom is 0.268 e. The van der Waals surface area contributed by atoms with Crippen molar-refractivity contribution in [3.63, 3.8) is 0 Å². The number of amides is 2. The van der Waals surface area contributed by atoms with Gasteiger partial charge in [-0.1, -0.05) is 36.2 Å². The third-order valence-electron chi connectivity index (χ3n) is 6.66. The predicted molar refractivity (Wildman–Crippen MR) is 121 cm³/mol. The zero-order valence-electron chi connectivity index (χ0n) is 18.2. The second kappa shape index (κ2) is 7.09. The third kappa shape index (κ3) is 3.18. The number of hydrogen-bond acceptors (Lipinski definition) is 3. The molecule has 2 aromatic carbocycles. The molecule has 2 amide bonds. The minimum atomic E-state index is -1.03.